The lowest BCUT2D eigenvalue weighted by Gasteiger charge is -2.01. The maximum Gasteiger partial charge on any atom is 0.00584 e. The molecule has 1 atom stereocenters. The summed E-state index contributed by atoms with van der Waals surface area (Å²) in [5, 5.41) is 0. The highest BCUT2D eigenvalue weighted by Crippen LogP contribution is 2.37. The predicted octanol–water partition coefficient (Wildman–Crippen LogP) is 2.45. The van der Waals surface area contributed by atoms with E-state index in [0.717, 1.165) is 5.92 Å². The lowest BCUT2D eigenvalue weighted by atomic mass is 10.0. The van der Waals surface area contributed by atoms with E-state index in [1.807, 2.05) is 0 Å². The van der Waals surface area contributed by atoms with Crippen molar-refractivity contribution in [2.75, 3.05) is 0 Å². The van der Waals surface area contributed by atoms with Gasteiger partial charge in [-0.05, 0) is 24.5 Å². The third-order valence-electron chi connectivity index (χ3n) is 2.11. The van der Waals surface area contributed by atoms with Gasteiger partial charge in [0.05, 0.1) is 0 Å². The molecule has 0 saturated heterocycles. The van der Waals surface area contributed by atoms with Crippen molar-refractivity contribution < 1.29 is 0 Å². The smallest absolute Gasteiger partial charge is 0.00584 e. The van der Waals surface area contributed by atoms with E-state index in [4.69, 9.17) is 0 Å². The van der Waals surface area contributed by atoms with Crippen LogP contribution in [0.5, 0.6) is 0 Å². The minimum atomic E-state index is 0.741. The average Bonchev–Trinajstić information content (AvgIpc) is 2.45. The van der Waals surface area contributed by atoms with Crippen LogP contribution in [0.4, 0.5) is 0 Å². The molecular formula is C9H10. The van der Waals surface area contributed by atoms with Crippen molar-refractivity contribution in [1.29, 1.82) is 0 Å². The summed E-state index contributed by atoms with van der Waals surface area (Å²) in [6.45, 7) is 2.11. The van der Waals surface area contributed by atoms with Crippen LogP contribution in [0.15, 0.2) is 35.5 Å². The Hall–Kier alpha value is -0.780. The van der Waals surface area contributed by atoms with E-state index in [2.05, 4.69) is 31.2 Å². The Labute approximate surface area is 55.6 Å². The largest absolute Gasteiger partial charge is 0.0838 e. The SMILES string of the molecule is CC=C1C=C2C=CC1C2. The van der Waals surface area contributed by atoms with Gasteiger partial charge >= 0.3 is 0 Å². The Bertz CT molecular complexity index is 216. The standard InChI is InChI=1S/C9H10/c1-2-8-5-7-3-4-9(8)6-7/h2-5,9H,6H2,1H3. The minimum Gasteiger partial charge on any atom is -0.0838 e. The first kappa shape index (κ1) is 5.04. The van der Waals surface area contributed by atoms with E-state index in [1.54, 1.807) is 0 Å². The Morgan fingerprint density at radius 3 is 2.89 bits per heavy atom. The highest BCUT2D eigenvalue weighted by molar-refractivity contribution is 5.46. The van der Waals surface area contributed by atoms with Gasteiger partial charge in [-0.3, -0.25) is 0 Å². The molecule has 0 aromatic rings. The molecule has 0 amide bonds. The summed E-state index contributed by atoms with van der Waals surface area (Å²) in [5.41, 5.74) is 3.01. The quantitative estimate of drug-likeness (QED) is 0.458. The topological polar surface area (TPSA) is 0 Å². The average molecular weight is 118 g/mol. The van der Waals surface area contributed by atoms with Crippen LogP contribution in [0.1, 0.15) is 13.3 Å². The molecule has 0 heterocycles. The number of hydrogen-bond donors (Lipinski definition) is 0. The number of hydrogen-bond acceptors (Lipinski definition) is 0. The molecule has 46 valence electrons. The highest BCUT2D eigenvalue weighted by atomic mass is 14.3. The Morgan fingerprint density at radius 2 is 2.56 bits per heavy atom. The monoisotopic (exact) mass is 118 g/mol. The van der Waals surface area contributed by atoms with Gasteiger partial charge in [-0.15, -0.1) is 0 Å². The molecule has 0 heteroatoms. The van der Waals surface area contributed by atoms with Crippen LogP contribution < -0.4 is 0 Å². The molecule has 0 aromatic heterocycles. The summed E-state index contributed by atoms with van der Waals surface area (Å²) in [6.07, 6.45) is 10.3. The first-order valence-corrected chi connectivity index (χ1v) is 3.45. The van der Waals surface area contributed by atoms with Crippen LogP contribution >= 0.6 is 0 Å². The number of allylic oxidation sites excluding steroid dienone is 6. The van der Waals surface area contributed by atoms with Crippen molar-refractivity contribution >= 4 is 0 Å². The van der Waals surface area contributed by atoms with Gasteiger partial charge in [-0.1, -0.05) is 24.3 Å². The highest BCUT2D eigenvalue weighted by Gasteiger charge is 2.21. The lowest BCUT2D eigenvalue weighted by Crippen LogP contribution is -1.88. The van der Waals surface area contributed by atoms with Crippen LogP contribution in [0, 0.1) is 5.92 Å². The second-order valence-corrected chi connectivity index (χ2v) is 2.68. The van der Waals surface area contributed by atoms with Gasteiger partial charge in [0.25, 0.3) is 0 Å². The molecule has 0 nitrogen and oxygen atoms in total. The van der Waals surface area contributed by atoms with Gasteiger partial charge in [0, 0.05) is 5.92 Å². The lowest BCUT2D eigenvalue weighted by molar-refractivity contribution is 0.846. The van der Waals surface area contributed by atoms with Crippen molar-refractivity contribution in [3.05, 3.63) is 35.5 Å². The van der Waals surface area contributed by atoms with Gasteiger partial charge in [-0.2, -0.15) is 0 Å². The van der Waals surface area contributed by atoms with Crippen LogP contribution in [0.3, 0.4) is 0 Å². The van der Waals surface area contributed by atoms with Crippen LogP contribution in [-0.2, 0) is 0 Å². The second-order valence-electron chi connectivity index (χ2n) is 2.68. The minimum absolute atomic E-state index is 0.741. The molecule has 0 saturated carbocycles. The van der Waals surface area contributed by atoms with Crippen molar-refractivity contribution in [3.63, 3.8) is 0 Å². The molecule has 1 unspecified atom stereocenters. The Balaban J connectivity index is 2.43. The molecule has 2 bridgehead atoms. The van der Waals surface area contributed by atoms with E-state index in [0.29, 0.717) is 0 Å². The zero-order valence-corrected chi connectivity index (χ0v) is 5.59. The van der Waals surface area contributed by atoms with Crippen LogP contribution in [-0.4, -0.2) is 0 Å². The zero-order valence-electron chi connectivity index (χ0n) is 5.59. The molecule has 0 N–H and O–H groups in total. The van der Waals surface area contributed by atoms with Gasteiger partial charge in [0.15, 0.2) is 0 Å². The summed E-state index contributed by atoms with van der Waals surface area (Å²) in [7, 11) is 0. The zero-order chi connectivity index (χ0) is 6.27. The molecule has 2 aliphatic rings. The Morgan fingerprint density at radius 1 is 1.67 bits per heavy atom. The normalized spacial score (nSPS) is 34.1. The van der Waals surface area contributed by atoms with Crippen molar-refractivity contribution in [2.24, 2.45) is 5.92 Å². The first-order valence-electron chi connectivity index (χ1n) is 3.45. The second kappa shape index (κ2) is 1.60. The van der Waals surface area contributed by atoms with E-state index in [-0.39, 0.29) is 0 Å². The molecular weight excluding hydrogens is 108 g/mol. The van der Waals surface area contributed by atoms with Gasteiger partial charge in [0.2, 0.25) is 0 Å². The molecule has 0 fully saturated rings. The summed E-state index contributed by atoms with van der Waals surface area (Å²) in [4.78, 5) is 0. The van der Waals surface area contributed by atoms with E-state index in [1.165, 1.54) is 17.6 Å². The summed E-state index contributed by atoms with van der Waals surface area (Å²) >= 11 is 0. The fourth-order valence-corrected chi connectivity index (χ4v) is 1.58. The summed E-state index contributed by atoms with van der Waals surface area (Å²) < 4.78 is 0. The fraction of sp³-hybridized carbons (Fsp3) is 0.333. The van der Waals surface area contributed by atoms with Crippen molar-refractivity contribution in [3.8, 4) is 0 Å². The summed E-state index contributed by atoms with van der Waals surface area (Å²) in [5.74, 6) is 0.741. The molecule has 0 aliphatic heterocycles. The third-order valence-corrected chi connectivity index (χ3v) is 2.11. The summed E-state index contributed by atoms with van der Waals surface area (Å²) in [6, 6.07) is 0. The molecule has 9 heavy (non-hydrogen) atoms. The fourth-order valence-electron chi connectivity index (χ4n) is 1.58. The predicted molar refractivity (Wildman–Crippen MR) is 39.1 cm³/mol. The van der Waals surface area contributed by atoms with E-state index < -0.39 is 0 Å². The van der Waals surface area contributed by atoms with Crippen LogP contribution in [0.2, 0.25) is 0 Å². The van der Waals surface area contributed by atoms with E-state index >= 15 is 0 Å². The maximum atomic E-state index is 2.30. The Kier molecular flexibility index (Phi) is 0.895. The molecule has 0 spiro atoms. The van der Waals surface area contributed by atoms with E-state index in [9.17, 15) is 0 Å². The maximum absolute atomic E-state index is 2.30. The van der Waals surface area contributed by atoms with Crippen LogP contribution in [0.25, 0.3) is 0 Å². The van der Waals surface area contributed by atoms with Gasteiger partial charge in [-0.25, -0.2) is 0 Å². The van der Waals surface area contributed by atoms with Crippen molar-refractivity contribution in [2.45, 2.75) is 13.3 Å². The number of fused-ring (bicyclic) bond motifs is 2. The number of rotatable bonds is 0. The van der Waals surface area contributed by atoms with Crippen molar-refractivity contribution in [1.82, 2.24) is 0 Å². The molecule has 2 aliphatic carbocycles. The van der Waals surface area contributed by atoms with Gasteiger partial charge < -0.3 is 0 Å². The third kappa shape index (κ3) is 0.593. The van der Waals surface area contributed by atoms with Gasteiger partial charge in [0.1, 0.15) is 0 Å². The molecule has 0 radical (unpaired) electrons. The molecule has 2 rings (SSSR count). The first-order chi connectivity index (χ1) is 4.40. The molecule has 0 aromatic carbocycles.